The van der Waals surface area contributed by atoms with E-state index in [0.717, 1.165) is 25.1 Å². The Morgan fingerprint density at radius 1 is 0.643 bits per heavy atom. The van der Waals surface area contributed by atoms with Crippen LogP contribution in [0.4, 0.5) is 22.7 Å². The molecule has 0 fully saturated rings. The molecule has 0 aliphatic heterocycles. The molecule has 0 saturated carbocycles. The summed E-state index contributed by atoms with van der Waals surface area (Å²) >= 11 is 0. The van der Waals surface area contributed by atoms with E-state index in [1.54, 1.807) is 39.8 Å². The summed E-state index contributed by atoms with van der Waals surface area (Å²) in [4.78, 5) is 150. The van der Waals surface area contributed by atoms with Gasteiger partial charge in [-0.1, -0.05) is 39.8 Å². The monoisotopic (exact) mass is 986 g/mol. The number of aliphatic carboxylic acids is 2. The number of carboxylic acids is 2. The fraction of sp³-hybridized carbons (Fsp3) is 0.476. The van der Waals surface area contributed by atoms with E-state index >= 15 is 0 Å². The number of nitrogens with one attached hydrogen (secondary N) is 8. The highest BCUT2D eigenvalue weighted by Crippen LogP contribution is 2.28. The number of benzene rings is 2. The summed E-state index contributed by atoms with van der Waals surface area (Å²) in [6.07, 6.45) is -3.03. The van der Waals surface area contributed by atoms with Crippen molar-refractivity contribution in [1.82, 2.24) is 37.2 Å². The van der Waals surface area contributed by atoms with E-state index in [0.29, 0.717) is 0 Å². The van der Waals surface area contributed by atoms with Gasteiger partial charge >= 0.3 is 11.9 Å². The van der Waals surface area contributed by atoms with Gasteiger partial charge in [-0.05, 0) is 49.8 Å². The highest BCUT2D eigenvalue weighted by molar-refractivity contribution is 6.02. The van der Waals surface area contributed by atoms with Crippen LogP contribution in [0, 0.1) is 32.1 Å². The summed E-state index contributed by atoms with van der Waals surface area (Å²) in [5.74, 6) is -11.9. The maximum Gasteiger partial charge on any atom is 0.305 e. The van der Waals surface area contributed by atoms with Gasteiger partial charge in [0.1, 0.15) is 41.9 Å². The molecule has 2 rings (SSSR count). The molecule has 0 aromatic heterocycles. The van der Waals surface area contributed by atoms with Gasteiger partial charge in [-0.3, -0.25) is 68.2 Å². The van der Waals surface area contributed by atoms with Gasteiger partial charge in [-0.2, -0.15) is 0 Å². The van der Waals surface area contributed by atoms with Crippen molar-refractivity contribution in [2.45, 2.75) is 103 Å². The Morgan fingerprint density at radius 3 is 1.77 bits per heavy atom. The second-order valence-corrected chi connectivity index (χ2v) is 16.5. The summed E-state index contributed by atoms with van der Waals surface area (Å²) in [5, 5.41) is 60.4. The minimum absolute atomic E-state index is 0.0649. The number of carbonyl (C=O) groups excluding carboxylic acids is 8. The summed E-state index contributed by atoms with van der Waals surface area (Å²) in [6.45, 7) is 7.20. The molecule has 0 heterocycles. The number of anilines is 2. The molecule has 0 bridgehead atoms. The van der Waals surface area contributed by atoms with Gasteiger partial charge in [0, 0.05) is 31.3 Å². The number of carboxylic acid groups (broad SMARTS) is 2. The van der Waals surface area contributed by atoms with E-state index in [9.17, 15) is 78.4 Å². The van der Waals surface area contributed by atoms with Crippen LogP contribution >= 0.6 is 0 Å². The van der Waals surface area contributed by atoms with E-state index in [2.05, 4.69) is 42.5 Å². The third-order valence-corrected chi connectivity index (χ3v) is 9.99. The van der Waals surface area contributed by atoms with Gasteiger partial charge in [0.2, 0.25) is 41.4 Å². The van der Waals surface area contributed by atoms with Crippen molar-refractivity contribution < 1.29 is 68.0 Å². The minimum atomic E-state index is -1.90. The van der Waals surface area contributed by atoms with Crippen molar-refractivity contribution in [3.63, 3.8) is 0 Å². The number of nitro benzene ring substituents is 2. The first-order valence-electron chi connectivity index (χ1n) is 21.6. The van der Waals surface area contributed by atoms with Crippen molar-refractivity contribution in [3.05, 3.63) is 68.3 Å². The van der Waals surface area contributed by atoms with E-state index in [1.165, 1.54) is 12.1 Å². The molecule has 6 atom stereocenters. The molecule has 8 amide bonds. The zero-order chi connectivity index (χ0) is 53.0. The maximum absolute atomic E-state index is 13.7. The third-order valence-electron chi connectivity index (χ3n) is 9.99. The number of nitrogens with two attached hydrogens (primary N) is 2. The smallest absolute Gasteiger partial charge is 0.305 e. The third kappa shape index (κ3) is 19.0. The fourth-order valence-corrected chi connectivity index (χ4v) is 6.41. The number of nitro groups is 2. The van der Waals surface area contributed by atoms with Crippen molar-refractivity contribution in [2.75, 3.05) is 24.1 Å². The maximum atomic E-state index is 13.7. The first kappa shape index (κ1) is 57.7. The van der Waals surface area contributed by atoms with E-state index in [4.69, 9.17) is 11.5 Å². The predicted octanol–water partition coefficient (Wildman–Crippen LogP) is -1.23. The number of para-hydroxylation sites is 1. The van der Waals surface area contributed by atoms with Gasteiger partial charge in [0.05, 0.1) is 34.3 Å². The molecule has 2 aromatic carbocycles. The lowest BCUT2D eigenvalue weighted by Crippen LogP contribution is -2.60. The number of carbonyl (C=O) groups is 10. The molecule has 0 unspecified atom stereocenters. The number of nitrogen functional groups attached to an aromatic ring is 1. The largest absolute Gasteiger partial charge is 0.481 e. The van der Waals surface area contributed by atoms with Crippen LogP contribution in [-0.4, -0.2) is 129 Å². The van der Waals surface area contributed by atoms with Gasteiger partial charge in [0.25, 0.3) is 17.3 Å². The molecule has 70 heavy (non-hydrogen) atoms. The van der Waals surface area contributed by atoms with Crippen molar-refractivity contribution >= 4 is 81.9 Å². The van der Waals surface area contributed by atoms with E-state index in [1.807, 2.05) is 0 Å². The molecule has 0 spiro atoms. The first-order valence-corrected chi connectivity index (χ1v) is 21.6. The summed E-state index contributed by atoms with van der Waals surface area (Å²) < 4.78 is 0. The number of primary amides is 1. The zero-order valence-electron chi connectivity index (χ0n) is 38.8. The Hall–Kier alpha value is -8.46. The minimum Gasteiger partial charge on any atom is -0.481 e. The predicted molar refractivity (Wildman–Crippen MR) is 246 cm³/mol. The van der Waals surface area contributed by atoms with Crippen LogP contribution in [0.15, 0.2) is 42.5 Å². The number of hydrogen-bond donors (Lipinski definition) is 12. The second kappa shape index (κ2) is 27.4. The molecule has 382 valence electrons. The van der Waals surface area contributed by atoms with Gasteiger partial charge in [-0.15, -0.1) is 0 Å². The number of amides is 8. The van der Waals surface area contributed by atoms with Crippen LogP contribution in [0.2, 0.25) is 0 Å². The van der Waals surface area contributed by atoms with Crippen LogP contribution < -0.4 is 54.0 Å². The molecule has 14 N–H and O–H groups in total. The summed E-state index contributed by atoms with van der Waals surface area (Å²) in [5.41, 5.74) is 10.2. The average molecular weight is 987 g/mol. The molecule has 0 aliphatic rings. The highest BCUT2D eigenvalue weighted by Gasteiger charge is 2.35. The summed E-state index contributed by atoms with van der Waals surface area (Å²) in [6, 6.07) is -0.592. The van der Waals surface area contributed by atoms with Gasteiger partial charge in [0.15, 0.2) is 0 Å². The molecule has 0 saturated heterocycles. The lowest BCUT2D eigenvalue weighted by Gasteiger charge is -2.28. The molecule has 28 nitrogen and oxygen atoms in total. The Balaban J connectivity index is 2.20. The van der Waals surface area contributed by atoms with Gasteiger partial charge in [-0.25, -0.2) is 0 Å². The topological polar surface area (TPSA) is 446 Å². The van der Waals surface area contributed by atoms with Crippen LogP contribution in [0.3, 0.4) is 0 Å². The zero-order valence-corrected chi connectivity index (χ0v) is 38.8. The van der Waals surface area contributed by atoms with Crippen molar-refractivity contribution in [1.29, 1.82) is 0 Å². The fourth-order valence-electron chi connectivity index (χ4n) is 6.41. The van der Waals surface area contributed by atoms with Crippen LogP contribution in [0.1, 0.15) is 77.1 Å². The lowest BCUT2D eigenvalue weighted by atomic mass is 10.00. The SMILES string of the molecule is CC(C)C[C@H](NC(=O)[C@H](CC(N)=O)NC(=O)[C@@H](NC(=O)c1ccccc1N)C(C)C)C(=O)N[C@@H](CC(=O)O)C(=O)N[C@@H](C)C(=O)N[C@@H](CCC(=O)O)C(=O)NCCNc1ccc([N+](=O)[O-])cc1[N+](=O)[O-]. The number of hydrogen-bond acceptors (Lipinski definition) is 16. The van der Waals surface area contributed by atoms with Crippen LogP contribution in [0.5, 0.6) is 0 Å². The molecular weight excluding hydrogens is 929 g/mol. The van der Waals surface area contributed by atoms with E-state index < -0.39 is 148 Å². The molecule has 2 aromatic rings. The van der Waals surface area contributed by atoms with Gasteiger partial charge < -0.3 is 64.2 Å². The highest BCUT2D eigenvalue weighted by atomic mass is 16.6. The summed E-state index contributed by atoms with van der Waals surface area (Å²) in [7, 11) is 0. The first-order chi connectivity index (χ1) is 32.7. The quantitative estimate of drug-likeness (QED) is 0.0197. The molecular formula is C42H58N12O16. The Kier molecular flexibility index (Phi) is 22.6. The Labute approximate surface area is 399 Å². The average Bonchev–Trinajstić information content (AvgIpc) is 3.26. The van der Waals surface area contributed by atoms with Crippen LogP contribution in [0.25, 0.3) is 0 Å². The number of non-ortho nitro benzene ring substituents is 1. The second-order valence-electron chi connectivity index (χ2n) is 16.5. The van der Waals surface area contributed by atoms with Crippen molar-refractivity contribution in [2.24, 2.45) is 17.6 Å². The Morgan fingerprint density at radius 2 is 1.21 bits per heavy atom. The number of rotatable bonds is 29. The standard InChI is InChI=1S/C42H58N12O16/c1-20(2)16-28(49-41(65)29(18-32(44)55)51-42(66)35(21(3)4)52-37(61)24-8-6-7-9-25(24)43)40(64)50-30(19-34(58)59)39(63)47-22(5)36(60)48-27(12-13-33(56)57)38(62)46-15-14-45-26-11-10-23(53(67)68)17-31(26)54(69)70/h6-11,17,20-22,27-30,35,45H,12-16,18-19,43H2,1-5H3,(H2,44,55)(H,46,62)(H,47,63)(H,48,60)(H,49,65)(H,50,64)(H,51,66)(H,52,61)(H,56,57)(H,58,59)/t22-,27-,28-,29-,30-,35-/m0/s1. The normalized spacial score (nSPS) is 13.4. The van der Waals surface area contributed by atoms with Crippen LogP contribution in [-0.2, 0) is 43.2 Å². The molecule has 0 aliphatic carbocycles. The molecule has 28 heteroatoms. The Bertz CT molecular complexity index is 2310. The number of nitrogens with zero attached hydrogens (tertiary/aromatic N) is 2. The van der Waals surface area contributed by atoms with E-state index in [-0.39, 0.29) is 42.4 Å². The lowest BCUT2D eigenvalue weighted by molar-refractivity contribution is -0.393. The van der Waals surface area contributed by atoms with Crippen molar-refractivity contribution in [3.8, 4) is 0 Å². The molecule has 0 radical (unpaired) electrons.